The van der Waals surface area contributed by atoms with E-state index in [4.69, 9.17) is 0 Å². The van der Waals surface area contributed by atoms with E-state index in [2.05, 4.69) is 47.2 Å². The van der Waals surface area contributed by atoms with Crippen molar-refractivity contribution in [1.82, 2.24) is 19.7 Å². The molecule has 1 aliphatic rings. The number of hydrogen-bond donors (Lipinski definition) is 0. The Morgan fingerprint density at radius 3 is 2.41 bits per heavy atom. The molecule has 8 heteroatoms. The SMILES string of the molecule is Cc1cc(C)cc(-n2c(SC3CCS(=O)(=O)C3)nnc2-c2ccncc2)c1. The van der Waals surface area contributed by atoms with Gasteiger partial charge in [-0.15, -0.1) is 10.2 Å². The minimum atomic E-state index is -2.94. The molecule has 6 nitrogen and oxygen atoms in total. The zero-order valence-electron chi connectivity index (χ0n) is 15.2. The minimum Gasteiger partial charge on any atom is -0.270 e. The molecule has 1 atom stereocenters. The lowest BCUT2D eigenvalue weighted by Gasteiger charge is -2.13. The molecule has 0 radical (unpaired) electrons. The third-order valence-corrected chi connectivity index (χ3v) is 7.69. The Morgan fingerprint density at radius 1 is 1.07 bits per heavy atom. The summed E-state index contributed by atoms with van der Waals surface area (Å²) in [5.74, 6) is 1.17. The van der Waals surface area contributed by atoms with Gasteiger partial charge in [0.25, 0.3) is 0 Å². The van der Waals surface area contributed by atoms with Gasteiger partial charge in [-0.1, -0.05) is 17.8 Å². The van der Waals surface area contributed by atoms with Gasteiger partial charge in [0.15, 0.2) is 20.8 Å². The molecule has 0 saturated carbocycles. The quantitative estimate of drug-likeness (QED) is 0.669. The van der Waals surface area contributed by atoms with Crippen molar-refractivity contribution in [3.8, 4) is 17.1 Å². The zero-order valence-corrected chi connectivity index (χ0v) is 16.8. The molecule has 2 aromatic heterocycles. The third-order valence-electron chi connectivity index (χ3n) is 4.50. The lowest BCUT2D eigenvalue weighted by molar-refractivity contribution is 0.602. The topological polar surface area (TPSA) is 77.7 Å². The van der Waals surface area contributed by atoms with Crippen molar-refractivity contribution in [3.05, 3.63) is 53.9 Å². The van der Waals surface area contributed by atoms with Crippen LogP contribution in [0.5, 0.6) is 0 Å². The number of pyridine rings is 1. The number of thioether (sulfide) groups is 1. The predicted molar refractivity (Wildman–Crippen MR) is 107 cm³/mol. The Labute approximate surface area is 163 Å². The van der Waals surface area contributed by atoms with Gasteiger partial charge < -0.3 is 0 Å². The van der Waals surface area contributed by atoms with E-state index in [-0.39, 0.29) is 16.8 Å². The van der Waals surface area contributed by atoms with Gasteiger partial charge in [0.2, 0.25) is 0 Å². The summed E-state index contributed by atoms with van der Waals surface area (Å²) in [5, 5.41) is 9.54. The van der Waals surface area contributed by atoms with Crippen LogP contribution in [0.15, 0.2) is 47.9 Å². The average Bonchev–Trinajstić information content (AvgIpc) is 3.18. The van der Waals surface area contributed by atoms with Crippen LogP contribution in [-0.4, -0.2) is 44.9 Å². The fourth-order valence-corrected chi connectivity index (χ4v) is 6.86. The number of aryl methyl sites for hydroxylation is 2. The van der Waals surface area contributed by atoms with Gasteiger partial charge in [-0.3, -0.25) is 9.55 Å². The number of sulfone groups is 1. The first kappa shape index (κ1) is 18.2. The van der Waals surface area contributed by atoms with Crippen LogP contribution < -0.4 is 0 Å². The zero-order chi connectivity index (χ0) is 19.0. The Kier molecular flexibility index (Phi) is 4.77. The second kappa shape index (κ2) is 7.09. The molecular weight excluding hydrogens is 380 g/mol. The second-order valence-corrected chi connectivity index (χ2v) is 10.4. The van der Waals surface area contributed by atoms with Crippen LogP contribution in [0.3, 0.4) is 0 Å². The van der Waals surface area contributed by atoms with Crippen molar-refractivity contribution < 1.29 is 8.42 Å². The third kappa shape index (κ3) is 3.91. The molecule has 0 N–H and O–H groups in total. The van der Waals surface area contributed by atoms with Gasteiger partial charge in [0.1, 0.15) is 0 Å². The normalized spacial score (nSPS) is 18.7. The summed E-state index contributed by atoms with van der Waals surface area (Å²) in [6.45, 7) is 4.12. The monoisotopic (exact) mass is 400 g/mol. The predicted octanol–water partition coefficient (Wildman–Crippen LogP) is 3.23. The van der Waals surface area contributed by atoms with Crippen LogP contribution in [0.4, 0.5) is 0 Å². The van der Waals surface area contributed by atoms with Crippen molar-refractivity contribution >= 4 is 21.6 Å². The molecule has 1 saturated heterocycles. The van der Waals surface area contributed by atoms with Gasteiger partial charge in [-0.05, 0) is 55.7 Å². The van der Waals surface area contributed by atoms with E-state index in [1.54, 1.807) is 12.4 Å². The summed E-state index contributed by atoms with van der Waals surface area (Å²) in [6, 6.07) is 10.1. The smallest absolute Gasteiger partial charge is 0.196 e. The first-order valence-electron chi connectivity index (χ1n) is 8.73. The summed E-state index contributed by atoms with van der Waals surface area (Å²) < 4.78 is 25.7. The molecule has 0 aliphatic carbocycles. The maximum Gasteiger partial charge on any atom is 0.196 e. The summed E-state index contributed by atoms with van der Waals surface area (Å²) in [4.78, 5) is 4.08. The summed E-state index contributed by atoms with van der Waals surface area (Å²) in [6.07, 6.45) is 4.11. The van der Waals surface area contributed by atoms with Gasteiger partial charge in [-0.25, -0.2) is 8.42 Å². The standard InChI is InChI=1S/C19H20N4O2S2/c1-13-9-14(2)11-16(10-13)23-18(15-3-6-20-7-4-15)21-22-19(23)26-17-5-8-27(24,25)12-17/h3-4,6-7,9-11,17H,5,8,12H2,1-2H3. The van der Waals surface area contributed by atoms with Crippen LogP contribution in [-0.2, 0) is 9.84 Å². The summed E-state index contributed by atoms with van der Waals surface area (Å²) in [7, 11) is -2.94. The summed E-state index contributed by atoms with van der Waals surface area (Å²) in [5.41, 5.74) is 4.20. The van der Waals surface area contributed by atoms with E-state index in [1.165, 1.54) is 11.8 Å². The molecule has 3 heterocycles. The van der Waals surface area contributed by atoms with Crippen molar-refractivity contribution in [3.63, 3.8) is 0 Å². The number of benzene rings is 1. The van der Waals surface area contributed by atoms with Gasteiger partial charge in [-0.2, -0.15) is 0 Å². The lowest BCUT2D eigenvalue weighted by Crippen LogP contribution is -2.08. The van der Waals surface area contributed by atoms with Crippen LogP contribution >= 0.6 is 11.8 Å². The Morgan fingerprint density at radius 2 is 1.78 bits per heavy atom. The second-order valence-electron chi connectivity index (χ2n) is 6.87. The van der Waals surface area contributed by atoms with Crippen molar-refractivity contribution in [1.29, 1.82) is 0 Å². The molecule has 1 aliphatic heterocycles. The first-order valence-corrected chi connectivity index (χ1v) is 11.4. The van der Waals surface area contributed by atoms with Crippen LogP contribution in [0.25, 0.3) is 17.1 Å². The molecule has 1 fully saturated rings. The maximum absolute atomic E-state index is 11.8. The maximum atomic E-state index is 11.8. The highest BCUT2D eigenvalue weighted by molar-refractivity contribution is 8.01. The van der Waals surface area contributed by atoms with E-state index in [0.717, 1.165) is 28.2 Å². The number of nitrogens with zero attached hydrogens (tertiary/aromatic N) is 4. The van der Waals surface area contributed by atoms with Gasteiger partial charge >= 0.3 is 0 Å². The Bertz CT molecular complexity index is 1060. The van der Waals surface area contributed by atoms with E-state index < -0.39 is 9.84 Å². The lowest BCUT2D eigenvalue weighted by atomic mass is 10.1. The number of rotatable bonds is 4. The first-order chi connectivity index (χ1) is 12.9. The van der Waals surface area contributed by atoms with Gasteiger partial charge in [0.05, 0.1) is 17.2 Å². The fraction of sp³-hybridized carbons (Fsp3) is 0.316. The van der Waals surface area contributed by atoms with Crippen LogP contribution in [0.2, 0.25) is 0 Å². The van der Waals surface area contributed by atoms with Crippen LogP contribution in [0.1, 0.15) is 17.5 Å². The van der Waals surface area contributed by atoms with E-state index in [9.17, 15) is 8.42 Å². The van der Waals surface area contributed by atoms with E-state index in [1.807, 2.05) is 16.7 Å². The number of hydrogen-bond acceptors (Lipinski definition) is 6. The van der Waals surface area contributed by atoms with Crippen molar-refractivity contribution in [2.75, 3.05) is 11.5 Å². The highest BCUT2D eigenvalue weighted by atomic mass is 32.2. The molecule has 140 valence electrons. The van der Waals surface area contributed by atoms with Crippen molar-refractivity contribution in [2.24, 2.45) is 0 Å². The highest BCUT2D eigenvalue weighted by Gasteiger charge is 2.30. The number of aromatic nitrogens is 4. The highest BCUT2D eigenvalue weighted by Crippen LogP contribution is 2.34. The molecule has 0 spiro atoms. The van der Waals surface area contributed by atoms with Gasteiger partial charge in [0, 0.05) is 23.2 Å². The van der Waals surface area contributed by atoms with Crippen LogP contribution in [0, 0.1) is 13.8 Å². The molecule has 0 amide bonds. The molecule has 0 bridgehead atoms. The van der Waals surface area contributed by atoms with E-state index in [0.29, 0.717) is 11.6 Å². The average molecular weight is 401 g/mol. The molecule has 3 aromatic rings. The largest absolute Gasteiger partial charge is 0.270 e. The Hall–Kier alpha value is -2.19. The molecule has 27 heavy (non-hydrogen) atoms. The minimum absolute atomic E-state index is 0.00847. The molecule has 1 aromatic carbocycles. The fourth-order valence-electron chi connectivity index (χ4n) is 3.35. The molecular formula is C19H20N4O2S2. The van der Waals surface area contributed by atoms with Crippen molar-refractivity contribution in [2.45, 2.75) is 30.7 Å². The van der Waals surface area contributed by atoms with E-state index >= 15 is 0 Å². The molecule has 4 rings (SSSR count). The molecule has 1 unspecified atom stereocenters. The Balaban J connectivity index is 1.81. The summed E-state index contributed by atoms with van der Waals surface area (Å²) >= 11 is 1.50.